The minimum absolute atomic E-state index is 0.215. The Balaban J connectivity index is 2.09. The number of halogens is 1. The lowest BCUT2D eigenvalue weighted by Gasteiger charge is -2.02. The van der Waals surface area contributed by atoms with Gasteiger partial charge >= 0.3 is 0 Å². The third-order valence-corrected chi connectivity index (χ3v) is 2.96. The van der Waals surface area contributed by atoms with Gasteiger partial charge in [0.15, 0.2) is 5.69 Å². The molecule has 4 nitrogen and oxygen atoms in total. The third kappa shape index (κ3) is 2.98. The van der Waals surface area contributed by atoms with Gasteiger partial charge in [0.25, 0.3) is 5.91 Å². The van der Waals surface area contributed by atoms with Gasteiger partial charge in [-0.1, -0.05) is 34.9 Å². The van der Waals surface area contributed by atoms with Crippen LogP contribution in [0, 0.1) is 0 Å². The smallest absolute Gasteiger partial charge is 0.277 e. The molecular formula is C13H13BrN2O2. The molecule has 0 radical (unpaired) electrons. The Kier molecular flexibility index (Phi) is 3.81. The summed E-state index contributed by atoms with van der Waals surface area (Å²) in [6.45, 7) is 3.97. The van der Waals surface area contributed by atoms with Gasteiger partial charge in [0, 0.05) is 22.1 Å². The first-order chi connectivity index (χ1) is 8.56. The van der Waals surface area contributed by atoms with Crippen LogP contribution in [0.25, 0.3) is 0 Å². The van der Waals surface area contributed by atoms with Crippen LogP contribution in [0.3, 0.4) is 0 Å². The van der Waals surface area contributed by atoms with Crippen LogP contribution in [-0.4, -0.2) is 11.1 Å². The summed E-state index contributed by atoms with van der Waals surface area (Å²) in [5.74, 6) is 0.649. The predicted molar refractivity (Wildman–Crippen MR) is 72.7 cm³/mol. The third-order valence-electron chi connectivity index (χ3n) is 2.43. The molecule has 0 bridgehead atoms. The van der Waals surface area contributed by atoms with Crippen LogP contribution in [-0.2, 0) is 0 Å². The molecule has 1 amide bonds. The molecule has 0 unspecified atom stereocenters. The molecule has 0 aliphatic carbocycles. The van der Waals surface area contributed by atoms with Crippen molar-refractivity contribution in [1.82, 2.24) is 5.16 Å². The predicted octanol–water partition coefficient (Wildman–Crippen LogP) is 3.81. The molecule has 0 saturated carbocycles. The Hall–Kier alpha value is -1.62. The zero-order valence-electron chi connectivity index (χ0n) is 10.1. The van der Waals surface area contributed by atoms with Crippen molar-refractivity contribution in [2.75, 3.05) is 5.32 Å². The van der Waals surface area contributed by atoms with E-state index in [1.54, 1.807) is 6.07 Å². The van der Waals surface area contributed by atoms with Gasteiger partial charge in [-0.3, -0.25) is 4.79 Å². The molecule has 0 aliphatic heterocycles. The zero-order chi connectivity index (χ0) is 13.1. The van der Waals surface area contributed by atoms with Gasteiger partial charge in [-0.15, -0.1) is 0 Å². The number of benzene rings is 1. The first kappa shape index (κ1) is 12.8. The van der Waals surface area contributed by atoms with Crippen LogP contribution in [0.15, 0.2) is 39.3 Å². The largest absolute Gasteiger partial charge is 0.360 e. The summed E-state index contributed by atoms with van der Waals surface area (Å²) in [6, 6.07) is 9.01. The molecule has 18 heavy (non-hydrogen) atoms. The molecule has 0 atom stereocenters. The van der Waals surface area contributed by atoms with E-state index in [0.29, 0.717) is 11.5 Å². The first-order valence-corrected chi connectivity index (χ1v) is 6.39. The lowest BCUT2D eigenvalue weighted by Crippen LogP contribution is -2.11. The van der Waals surface area contributed by atoms with E-state index in [9.17, 15) is 4.79 Å². The monoisotopic (exact) mass is 308 g/mol. The molecule has 1 N–H and O–H groups in total. The minimum atomic E-state index is -0.270. The SMILES string of the molecule is CC(C)c1cc(C(=O)Nc2ccc(Br)cc2)no1. The van der Waals surface area contributed by atoms with Gasteiger partial charge in [0.05, 0.1) is 0 Å². The standard InChI is InChI=1S/C13H13BrN2O2/c1-8(2)12-7-11(16-18-12)13(17)15-10-5-3-9(14)4-6-10/h3-8H,1-2H3,(H,15,17). The number of rotatable bonds is 3. The van der Waals surface area contributed by atoms with Gasteiger partial charge in [0.2, 0.25) is 0 Å². The molecule has 1 aromatic heterocycles. The van der Waals surface area contributed by atoms with Crippen LogP contribution < -0.4 is 5.32 Å². The quantitative estimate of drug-likeness (QED) is 0.938. The number of anilines is 1. The molecule has 0 saturated heterocycles. The summed E-state index contributed by atoms with van der Waals surface area (Å²) in [5, 5.41) is 6.51. The summed E-state index contributed by atoms with van der Waals surface area (Å²) >= 11 is 3.34. The molecule has 1 aromatic carbocycles. The normalized spacial score (nSPS) is 10.7. The molecule has 0 spiro atoms. The van der Waals surface area contributed by atoms with E-state index >= 15 is 0 Å². The maximum atomic E-state index is 11.9. The lowest BCUT2D eigenvalue weighted by atomic mass is 10.1. The molecule has 94 valence electrons. The Morgan fingerprint density at radius 2 is 2.00 bits per heavy atom. The number of amides is 1. The summed E-state index contributed by atoms with van der Waals surface area (Å²) in [7, 11) is 0. The maximum absolute atomic E-state index is 11.9. The van der Waals surface area contributed by atoms with Crippen molar-refractivity contribution in [3.63, 3.8) is 0 Å². The van der Waals surface area contributed by atoms with Crippen molar-refractivity contribution in [2.45, 2.75) is 19.8 Å². The molecule has 0 fully saturated rings. The molecule has 2 rings (SSSR count). The number of carbonyl (C=O) groups excluding carboxylic acids is 1. The second-order valence-electron chi connectivity index (χ2n) is 4.23. The first-order valence-electron chi connectivity index (χ1n) is 5.60. The van der Waals surface area contributed by atoms with Crippen LogP contribution in [0.2, 0.25) is 0 Å². The molecule has 2 aromatic rings. The van der Waals surface area contributed by atoms with Gasteiger partial charge < -0.3 is 9.84 Å². The van der Waals surface area contributed by atoms with E-state index in [0.717, 1.165) is 10.2 Å². The highest BCUT2D eigenvalue weighted by Crippen LogP contribution is 2.17. The van der Waals surface area contributed by atoms with Crippen molar-refractivity contribution in [3.8, 4) is 0 Å². The van der Waals surface area contributed by atoms with Crippen molar-refractivity contribution in [2.24, 2.45) is 0 Å². The van der Waals surface area contributed by atoms with Gasteiger partial charge in [0.1, 0.15) is 5.76 Å². The van der Waals surface area contributed by atoms with Crippen LogP contribution in [0.5, 0.6) is 0 Å². The summed E-state index contributed by atoms with van der Waals surface area (Å²) in [5.41, 5.74) is 1.01. The van der Waals surface area contributed by atoms with E-state index in [-0.39, 0.29) is 11.8 Å². The van der Waals surface area contributed by atoms with Gasteiger partial charge in [-0.05, 0) is 24.3 Å². The maximum Gasteiger partial charge on any atom is 0.277 e. The van der Waals surface area contributed by atoms with Crippen LogP contribution in [0.4, 0.5) is 5.69 Å². The Morgan fingerprint density at radius 1 is 1.33 bits per heavy atom. The van der Waals surface area contributed by atoms with Crippen LogP contribution in [0.1, 0.15) is 36.0 Å². The van der Waals surface area contributed by atoms with E-state index < -0.39 is 0 Å². The Bertz CT molecular complexity index is 546. The fraction of sp³-hybridized carbons (Fsp3) is 0.231. The van der Waals surface area contributed by atoms with E-state index in [1.165, 1.54) is 0 Å². The average Bonchev–Trinajstić information content (AvgIpc) is 2.81. The van der Waals surface area contributed by atoms with Crippen molar-refractivity contribution >= 4 is 27.5 Å². The van der Waals surface area contributed by atoms with E-state index in [2.05, 4.69) is 26.4 Å². The number of hydrogen-bond donors (Lipinski definition) is 1. The Morgan fingerprint density at radius 3 is 2.56 bits per heavy atom. The van der Waals surface area contributed by atoms with Crippen molar-refractivity contribution in [3.05, 3.63) is 46.3 Å². The summed E-state index contributed by atoms with van der Waals surface area (Å²) in [4.78, 5) is 11.9. The van der Waals surface area contributed by atoms with Gasteiger partial charge in [-0.25, -0.2) is 0 Å². The van der Waals surface area contributed by atoms with Crippen molar-refractivity contribution < 1.29 is 9.32 Å². The zero-order valence-corrected chi connectivity index (χ0v) is 11.7. The van der Waals surface area contributed by atoms with Gasteiger partial charge in [-0.2, -0.15) is 0 Å². The molecule has 1 heterocycles. The molecule has 0 aliphatic rings. The second-order valence-corrected chi connectivity index (χ2v) is 5.15. The lowest BCUT2D eigenvalue weighted by molar-refractivity contribution is 0.101. The van der Waals surface area contributed by atoms with E-state index in [1.807, 2.05) is 38.1 Å². The second kappa shape index (κ2) is 5.35. The highest BCUT2D eigenvalue weighted by Gasteiger charge is 2.14. The molecule has 5 heteroatoms. The fourth-order valence-electron chi connectivity index (χ4n) is 1.40. The van der Waals surface area contributed by atoms with Crippen molar-refractivity contribution in [1.29, 1.82) is 0 Å². The number of nitrogens with one attached hydrogen (secondary N) is 1. The van der Waals surface area contributed by atoms with E-state index in [4.69, 9.17) is 4.52 Å². The topological polar surface area (TPSA) is 55.1 Å². The Labute approximate surface area is 113 Å². The van der Waals surface area contributed by atoms with Crippen LogP contribution >= 0.6 is 15.9 Å². The highest BCUT2D eigenvalue weighted by atomic mass is 79.9. The number of carbonyl (C=O) groups is 1. The summed E-state index contributed by atoms with van der Waals surface area (Å²) in [6.07, 6.45) is 0. The highest BCUT2D eigenvalue weighted by molar-refractivity contribution is 9.10. The number of aromatic nitrogens is 1. The number of hydrogen-bond acceptors (Lipinski definition) is 3. The molecular weight excluding hydrogens is 296 g/mol. The minimum Gasteiger partial charge on any atom is -0.360 e. The summed E-state index contributed by atoms with van der Waals surface area (Å²) < 4.78 is 6.05. The fourth-order valence-corrected chi connectivity index (χ4v) is 1.66. The average molecular weight is 309 g/mol. The number of nitrogens with zero attached hydrogens (tertiary/aromatic N) is 1.